The molecule has 0 radical (unpaired) electrons. The number of hydrogen-bond acceptors (Lipinski definition) is 5. The van der Waals surface area contributed by atoms with Crippen LogP contribution in [0.25, 0.3) is 22.1 Å². The zero-order valence-electron chi connectivity index (χ0n) is 18.4. The minimum Gasteiger partial charge on any atom is -0.451 e. The Kier molecular flexibility index (Phi) is 5.41. The zero-order chi connectivity index (χ0) is 23.1. The molecule has 2 saturated carbocycles. The predicted octanol–water partition coefficient (Wildman–Crippen LogP) is 5.04. The number of nitrogens with one attached hydrogen (secondary N) is 2. The summed E-state index contributed by atoms with van der Waals surface area (Å²) in [5, 5.41) is 16.0. The maximum absolute atomic E-state index is 13.1. The molecule has 2 amide bonds. The Hall–Kier alpha value is -3.24. The highest BCUT2D eigenvalue weighted by atomic mass is 32.2. The van der Waals surface area contributed by atoms with E-state index in [4.69, 9.17) is 4.42 Å². The van der Waals surface area contributed by atoms with E-state index in [9.17, 15) is 14.9 Å². The molecule has 1 heterocycles. The third kappa shape index (κ3) is 4.11. The molecule has 2 fully saturated rings. The number of carbonyl (C=O) groups excluding carboxylic acids is 2. The molecule has 0 bridgehead atoms. The first-order valence-electron chi connectivity index (χ1n) is 11.2. The number of benzene rings is 2. The molecule has 2 aromatic carbocycles. The van der Waals surface area contributed by atoms with E-state index in [0.29, 0.717) is 31.3 Å². The number of fused-ring (bicyclic) bond motifs is 1. The molecular formula is C26H25N3O3S. The summed E-state index contributed by atoms with van der Waals surface area (Å²) in [5.41, 5.74) is 0.950. The number of thioether (sulfide) groups is 1. The van der Waals surface area contributed by atoms with Crippen LogP contribution in [0.2, 0.25) is 0 Å². The standard InChI is InChI=1S/C26H25N3O3S/c1-33-20-8-6-17(7-9-20)18-4-5-19-15-22(32-21(19)14-18)23(30)28-26(10-2-3-11-26)24(31)29-25(16-27)12-13-25/h4-9,14-15H,2-3,10-13H2,1H3,(H,28,30)(H,29,31). The van der Waals surface area contributed by atoms with Crippen LogP contribution < -0.4 is 10.6 Å². The second-order valence-electron chi connectivity index (χ2n) is 8.98. The molecule has 3 aromatic rings. The van der Waals surface area contributed by atoms with Gasteiger partial charge in [0.2, 0.25) is 5.91 Å². The average Bonchev–Trinajstić information content (AvgIpc) is 3.24. The van der Waals surface area contributed by atoms with Gasteiger partial charge in [-0.2, -0.15) is 5.26 Å². The topological polar surface area (TPSA) is 95.1 Å². The van der Waals surface area contributed by atoms with Gasteiger partial charge in [0.15, 0.2) is 5.76 Å². The van der Waals surface area contributed by atoms with Crippen LogP contribution in [0.4, 0.5) is 0 Å². The fourth-order valence-electron chi connectivity index (χ4n) is 4.50. The molecule has 2 N–H and O–H groups in total. The summed E-state index contributed by atoms with van der Waals surface area (Å²) in [6, 6.07) is 18.1. The molecule has 2 aliphatic rings. The Morgan fingerprint density at radius 3 is 2.30 bits per heavy atom. The van der Waals surface area contributed by atoms with Gasteiger partial charge in [0.1, 0.15) is 16.7 Å². The van der Waals surface area contributed by atoms with E-state index < -0.39 is 17.0 Å². The van der Waals surface area contributed by atoms with Gasteiger partial charge in [0, 0.05) is 10.3 Å². The molecule has 0 saturated heterocycles. The van der Waals surface area contributed by atoms with Crippen molar-refractivity contribution in [3.8, 4) is 17.2 Å². The molecule has 168 valence electrons. The zero-order valence-corrected chi connectivity index (χ0v) is 19.3. The first kappa shape index (κ1) is 21.6. The lowest BCUT2D eigenvalue weighted by Crippen LogP contribution is -2.59. The molecule has 1 aromatic heterocycles. The van der Waals surface area contributed by atoms with Crippen molar-refractivity contribution >= 4 is 34.5 Å². The number of hydrogen-bond donors (Lipinski definition) is 2. The second kappa shape index (κ2) is 8.27. The van der Waals surface area contributed by atoms with E-state index >= 15 is 0 Å². The van der Waals surface area contributed by atoms with Crippen molar-refractivity contribution < 1.29 is 14.0 Å². The van der Waals surface area contributed by atoms with Crippen molar-refractivity contribution in [1.82, 2.24) is 10.6 Å². The van der Waals surface area contributed by atoms with Crippen LogP contribution in [0.3, 0.4) is 0 Å². The lowest BCUT2D eigenvalue weighted by molar-refractivity contribution is -0.127. The van der Waals surface area contributed by atoms with Crippen LogP contribution in [0, 0.1) is 11.3 Å². The molecule has 5 rings (SSSR count). The van der Waals surface area contributed by atoms with Gasteiger partial charge in [-0.1, -0.05) is 37.1 Å². The van der Waals surface area contributed by atoms with E-state index in [0.717, 1.165) is 29.4 Å². The average molecular weight is 460 g/mol. The third-order valence-corrected chi connectivity index (χ3v) is 7.47. The number of nitrogens with zero attached hydrogens (tertiary/aromatic N) is 1. The quantitative estimate of drug-likeness (QED) is 0.504. The van der Waals surface area contributed by atoms with Gasteiger partial charge in [-0.05, 0) is 67.3 Å². The first-order valence-corrected chi connectivity index (χ1v) is 12.4. The molecule has 2 aliphatic carbocycles. The van der Waals surface area contributed by atoms with Crippen LogP contribution in [0.1, 0.15) is 49.1 Å². The Labute approximate surface area is 196 Å². The maximum atomic E-state index is 13.1. The van der Waals surface area contributed by atoms with E-state index in [1.165, 1.54) is 4.90 Å². The minimum absolute atomic E-state index is 0.181. The highest BCUT2D eigenvalue weighted by Crippen LogP contribution is 2.37. The lowest BCUT2D eigenvalue weighted by atomic mass is 9.95. The summed E-state index contributed by atoms with van der Waals surface area (Å²) in [6.45, 7) is 0. The van der Waals surface area contributed by atoms with Crippen molar-refractivity contribution in [1.29, 1.82) is 5.26 Å². The predicted molar refractivity (Wildman–Crippen MR) is 128 cm³/mol. The second-order valence-corrected chi connectivity index (χ2v) is 9.86. The summed E-state index contributed by atoms with van der Waals surface area (Å²) in [7, 11) is 0. The third-order valence-electron chi connectivity index (χ3n) is 6.73. The number of nitriles is 1. The number of furan rings is 1. The van der Waals surface area contributed by atoms with Crippen molar-refractivity contribution in [2.75, 3.05) is 6.26 Å². The highest BCUT2D eigenvalue weighted by molar-refractivity contribution is 7.98. The van der Waals surface area contributed by atoms with Gasteiger partial charge in [-0.3, -0.25) is 9.59 Å². The SMILES string of the molecule is CSc1ccc(-c2ccc3cc(C(=O)NC4(C(=O)NC5(C#N)CC5)CCCC4)oc3c2)cc1. The van der Waals surface area contributed by atoms with Crippen molar-refractivity contribution in [3.63, 3.8) is 0 Å². The van der Waals surface area contributed by atoms with Crippen molar-refractivity contribution in [2.45, 2.75) is 54.5 Å². The molecule has 0 unspecified atom stereocenters. The normalized spacial score (nSPS) is 17.9. The summed E-state index contributed by atoms with van der Waals surface area (Å²) in [6.07, 6.45) is 6.18. The van der Waals surface area contributed by atoms with Gasteiger partial charge < -0.3 is 15.1 Å². The van der Waals surface area contributed by atoms with Crippen LogP contribution in [-0.2, 0) is 4.79 Å². The van der Waals surface area contributed by atoms with E-state index in [-0.39, 0.29) is 11.7 Å². The monoisotopic (exact) mass is 459 g/mol. The minimum atomic E-state index is -0.993. The Morgan fingerprint density at radius 2 is 1.67 bits per heavy atom. The van der Waals surface area contributed by atoms with Crippen molar-refractivity contribution in [2.24, 2.45) is 0 Å². The fraction of sp³-hybridized carbons (Fsp3) is 0.346. The Bertz CT molecular complexity index is 1260. The van der Waals surface area contributed by atoms with Crippen LogP contribution in [0.5, 0.6) is 0 Å². The molecule has 0 spiro atoms. The van der Waals surface area contributed by atoms with Gasteiger partial charge in [0.05, 0.1) is 6.07 Å². The lowest BCUT2D eigenvalue weighted by Gasteiger charge is -2.29. The summed E-state index contributed by atoms with van der Waals surface area (Å²) in [4.78, 5) is 27.4. The van der Waals surface area contributed by atoms with E-state index in [2.05, 4.69) is 41.0 Å². The summed E-state index contributed by atoms with van der Waals surface area (Å²) in [5.74, 6) is -0.490. The molecule has 0 atom stereocenters. The van der Waals surface area contributed by atoms with Gasteiger partial charge >= 0.3 is 0 Å². The maximum Gasteiger partial charge on any atom is 0.287 e. The molecule has 33 heavy (non-hydrogen) atoms. The first-order chi connectivity index (χ1) is 16.0. The Balaban J connectivity index is 1.37. The molecule has 0 aliphatic heterocycles. The number of rotatable bonds is 6. The fourth-order valence-corrected chi connectivity index (χ4v) is 4.91. The molecule has 6 nitrogen and oxygen atoms in total. The van der Waals surface area contributed by atoms with Crippen molar-refractivity contribution in [3.05, 3.63) is 54.3 Å². The molecular weight excluding hydrogens is 434 g/mol. The smallest absolute Gasteiger partial charge is 0.287 e. The largest absolute Gasteiger partial charge is 0.451 e. The van der Waals surface area contributed by atoms with Crippen LogP contribution in [-0.4, -0.2) is 29.1 Å². The molecule has 7 heteroatoms. The van der Waals surface area contributed by atoms with Gasteiger partial charge in [-0.25, -0.2) is 0 Å². The van der Waals surface area contributed by atoms with Crippen LogP contribution >= 0.6 is 11.8 Å². The van der Waals surface area contributed by atoms with E-state index in [1.807, 2.05) is 24.5 Å². The number of amides is 2. The number of carbonyl (C=O) groups is 2. The highest BCUT2D eigenvalue weighted by Gasteiger charge is 2.50. The Morgan fingerprint density at radius 1 is 0.970 bits per heavy atom. The summed E-state index contributed by atoms with van der Waals surface area (Å²) >= 11 is 1.70. The van der Waals surface area contributed by atoms with Crippen LogP contribution in [0.15, 0.2) is 57.8 Å². The summed E-state index contributed by atoms with van der Waals surface area (Å²) < 4.78 is 5.91. The van der Waals surface area contributed by atoms with E-state index in [1.54, 1.807) is 17.8 Å². The van der Waals surface area contributed by atoms with Gasteiger partial charge in [0.25, 0.3) is 5.91 Å². The van der Waals surface area contributed by atoms with Gasteiger partial charge in [-0.15, -0.1) is 11.8 Å².